The van der Waals surface area contributed by atoms with Crippen molar-refractivity contribution in [3.8, 4) is 0 Å². The number of hydrogen-bond acceptors (Lipinski definition) is 5. The van der Waals surface area contributed by atoms with Crippen LogP contribution in [0.4, 0.5) is 5.95 Å². The van der Waals surface area contributed by atoms with Crippen LogP contribution in [0.3, 0.4) is 0 Å². The minimum absolute atomic E-state index is 0.0125. The second kappa shape index (κ2) is 7.59. The molecular formula is C17H19ClN4O2. The zero-order valence-electron chi connectivity index (χ0n) is 13.2. The van der Waals surface area contributed by atoms with Crippen molar-refractivity contribution in [2.75, 3.05) is 31.1 Å². The molecule has 0 aliphatic carbocycles. The average Bonchev–Trinajstić information content (AvgIpc) is 2.88. The van der Waals surface area contributed by atoms with E-state index in [4.69, 9.17) is 11.6 Å². The summed E-state index contributed by atoms with van der Waals surface area (Å²) in [5, 5.41) is 9.83. The Morgan fingerprint density at radius 1 is 1.12 bits per heavy atom. The highest BCUT2D eigenvalue weighted by Gasteiger charge is 2.21. The van der Waals surface area contributed by atoms with Gasteiger partial charge in [0.25, 0.3) is 5.91 Å². The van der Waals surface area contributed by atoms with Crippen molar-refractivity contribution in [3.63, 3.8) is 0 Å². The Hall–Kier alpha value is -2.18. The Bertz CT molecular complexity index is 708. The van der Waals surface area contributed by atoms with Crippen LogP contribution in [0.15, 0.2) is 36.5 Å². The fraction of sp³-hybridized carbons (Fsp3) is 0.353. The maximum Gasteiger partial charge on any atom is 0.253 e. The highest BCUT2D eigenvalue weighted by atomic mass is 35.5. The van der Waals surface area contributed by atoms with Gasteiger partial charge in [0.05, 0.1) is 12.3 Å². The summed E-state index contributed by atoms with van der Waals surface area (Å²) in [6.45, 7) is 2.63. The quantitative estimate of drug-likeness (QED) is 0.920. The molecule has 126 valence electrons. The monoisotopic (exact) mass is 346 g/mol. The van der Waals surface area contributed by atoms with Crippen molar-refractivity contribution in [2.24, 2.45) is 0 Å². The molecule has 1 aliphatic rings. The average molecular weight is 347 g/mol. The molecule has 2 aromatic rings. The molecule has 1 amide bonds. The van der Waals surface area contributed by atoms with E-state index in [9.17, 15) is 9.90 Å². The third kappa shape index (κ3) is 3.83. The molecule has 1 fully saturated rings. The molecule has 1 aromatic carbocycles. The molecule has 1 aliphatic heterocycles. The number of anilines is 1. The van der Waals surface area contributed by atoms with Crippen molar-refractivity contribution in [2.45, 2.75) is 13.0 Å². The smallest absolute Gasteiger partial charge is 0.253 e. The van der Waals surface area contributed by atoms with Gasteiger partial charge in [-0.25, -0.2) is 9.97 Å². The number of aliphatic hydroxyl groups excluding tert-OH is 1. The van der Waals surface area contributed by atoms with Crippen molar-refractivity contribution >= 4 is 23.5 Å². The fourth-order valence-corrected chi connectivity index (χ4v) is 2.85. The summed E-state index contributed by atoms with van der Waals surface area (Å²) in [5.74, 6) is 0.612. The molecule has 1 aromatic heterocycles. The number of carbonyl (C=O) groups excluding carboxylic acids is 1. The molecule has 7 heteroatoms. The van der Waals surface area contributed by atoms with E-state index in [0.29, 0.717) is 41.9 Å². The summed E-state index contributed by atoms with van der Waals surface area (Å²) in [5.41, 5.74) is 1.24. The lowest BCUT2D eigenvalue weighted by molar-refractivity contribution is 0.0767. The van der Waals surface area contributed by atoms with Gasteiger partial charge in [0.15, 0.2) is 0 Å². The number of carbonyl (C=O) groups is 1. The van der Waals surface area contributed by atoms with E-state index in [0.717, 1.165) is 13.0 Å². The van der Waals surface area contributed by atoms with Crippen LogP contribution in [0.2, 0.25) is 5.02 Å². The van der Waals surface area contributed by atoms with Crippen molar-refractivity contribution < 1.29 is 9.90 Å². The lowest BCUT2D eigenvalue weighted by Crippen LogP contribution is -2.35. The van der Waals surface area contributed by atoms with Crippen LogP contribution >= 0.6 is 11.6 Å². The van der Waals surface area contributed by atoms with Gasteiger partial charge in [-0.2, -0.15) is 0 Å². The first-order valence-corrected chi connectivity index (χ1v) is 8.28. The standard InChI is InChI=1S/C17H19ClN4O2/c18-14-4-2-13(3-5-14)16(24)21-8-1-9-22(11-10-21)17-19-7-6-15(12-23)20-17/h2-7,23H,1,8-12H2. The highest BCUT2D eigenvalue weighted by molar-refractivity contribution is 6.30. The molecule has 0 saturated carbocycles. The number of aromatic nitrogens is 2. The largest absolute Gasteiger partial charge is 0.390 e. The fourth-order valence-electron chi connectivity index (χ4n) is 2.72. The van der Waals surface area contributed by atoms with Crippen LogP contribution in [-0.2, 0) is 6.61 Å². The number of aliphatic hydroxyl groups is 1. The summed E-state index contributed by atoms with van der Waals surface area (Å²) in [6, 6.07) is 8.65. The van der Waals surface area contributed by atoms with E-state index in [1.165, 1.54) is 0 Å². The van der Waals surface area contributed by atoms with E-state index < -0.39 is 0 Å². The van der Waals surface area contributed by atoms with Crippen LogP contribution in [-0.4, -0.2) is 52.1 Å². The normalized spacial score (nSPS) is 15.2. The molecular weight excluding hydrogens is 328 g/mol. The minimum atomic E-state index is -0.107. The number of halogens is 1. The predicted molar refractivity (Wildman–Crippen MR) is 92.1 cm³/mol. The zero-order chi connectivity index (χ0) is 16.9. The van der Waals surface area contributed by atoms with Gasteiger partial charge in [0.1, 0.15) is 0 Å². The Balaban J connectivity index is 1.68. The van der Waals surface area contributed by atoms with Crippen LogP contribution in [0.25, 0.3) is 0 Å². The van der Waals surface area contributed by atoms with Crippen LogP contribution in [0.1, 0.15) is 22.5 Å². The first kappa shape index (κ1) is 16.7. The van der Waals surface area contributed by atoms with Gasteiger partial charge in [0, 0.05) is 43.0 Å². The molecule has 1 saturated heterocycles. The number of nitrogens with zero attached hydrogens (tertiary/aromatic N) is 4. The van der Waals surface area contributed by atoms with E-state index in [2.05, 4.69) is 9.97 Å². The summed E-state index contributed by atoms with van der Waals surface area (Å²) in [7, 11) is 0. The van der Waals surface area contributed by atoms with Crippen LogP contribution < -0.4 is 4.90 Å². The molecule has 6 nitrogen and oxygen atoms in total. The molecule has 0 radical (unpaired) electrons. The van der Waals surface area contributed by atoms with E-state index in [1.54, 1.807) is 36.5 Å². The van der Waals surface area contributed by atoms with Gasteiger partial charge in [-0.15, -0.1) is 0 Å². The minimum Gasteiger partial charge on any atom is -0.390 e. The van der Waals surface area contributed by atoms with Gasteiger partial charge in [0.2, 0.25) is 5.95 Å². The number of hydrogen-bond donors (Lipinski definition) is 1. The maximum absolute atomic E-state index is 12.6. The van der Waals surface area contributed by atoms with Crippen LogP contribution in [0.5, 0.6) is 0 Å². The SMILES string of the molecule is O=C(c1ccc(Cl)cc1)N1CCCN(c2nccc(CO)n2)CC1. The Morgan fingerprint density at radius 3 is 2.67 bits per heavy atom. The Labute approximate surface area is 145 Å². The topological polar surface area (TPSA) is 69.6 Å². The summed E-state index contributed by atoms with van der Waals surface area (Å²) in [4.78, 5) is 25.1. The zero-order valence-corrected chi connectivity index (χ0v) is 14.0. The third-order valence-corrected chi connectivity index (χ3v) is 4.27. The second-order valence-corrected chi connectivity index (χ2v) is 6.08. The van der Waals surface area contributed by atoms with Crippen molar-refractivity contribution in [3.05, 3.63) is 52.8 Å². The molecule has 0 atom stereocenters. The predicted octanol–water partition coefficient (Wildman–Crippen LogP) is 1.97. The second-order valence-electron chi connectivity index (χ2n) is 5.65. The number of benzene rings is 1. The van der Waals surface area contributed by atoms with E-state index in [-0.39, 0.29) is 12.5 Å². The summed E-state index contributed by atoms with van der Waals surface area (Å²) < 4.78 is 0. The molecule has 2 heterocycles. The number of rotatable bonds is 3. The summed E-state index contributed by atoms with van der Waals surface area (Å²) in [6.07, 6.45) is 2.49. The lowest BCUT2D eigenvalue weighted by atomic mass is 10.2. The first-order valence-electron chi connectivity index (χ1n) is 7.90. The van der Waals surface area contributed by atoms with E-state index >= 15 is 0 Å². The molecule has 1 N–H and O–H groups in total. The molecule has 24 heavy (non-hydrogen) atoms. The summed E-state index contributed by atoms with van der Waals surface area (Å²) >= 11 is 5.88. The van der Waals surface area contributed by atoms with E-state index in [1.807, 2.05) is 9.80 Å². The van der Waals surface area contributed by atoms with Gasteiger partial charge < -0.3 is 14.9 Å². The molecule has 3 rings (SSSR count). The Kier molecular flexibility index (Phi) is 5.27. The highest BCUT2D eigenvalue weighted by Crippen LogP contribution is 2.15. The van der Waals surface area contributed by atoms with Gasteiger partial charge >= 0.3 is 0 Å². The first-order chi connectivity index (χ1) is 11.7. The lowest BCUT2D eigenvalue weighted by Gasteiger charge is -2.22. The van der Waals surface area contributed by atoms with Crippen molar-refractivity contribution in [1.82, 2.24) is 14.9 Å². The van der Waals surface area contributed by atoms with Gasteiger partial charge in [-0.1, -0.05) is 11.6 Å². The van der Waals surface area contributed by atoms with Gasteiger partial charge in [-0.05, 0) is 36.8 Å². The maximum atomic E-state index is 12.6. The molecule has 0 bridgehead atoms. The molecule has 0 spiro atoms. The molecule has 0 unspecified atom stereocenters. The third-order valence-electron chi connectivity index (χ3n) is 4.02. The van der Waals surface area contributed by atoms with Crippen LogP contribution in [0, 0.1) is 0 Å². The van der Waals surface area contributed by atoms with Crippen molar-refractivity contribution in [1.29, 1.82) is 0 Å². The number of amides is 1. The Morgan fingerprint density at radius 2 is 1.92 bits per heavy atom. The van der Waals surface area contributed by atoms with Gasteiger partial charge in [-0.3, -0.25) is 4.79 Å².